The second kappa shape index (κ2) is 12.3. The molecule has 3 amide bonds. The molecule has 3 aliphatic rings. The molecule has 1 saturated heterocycles. The molecule has 10 nitrogen and oxygen atoms in total. The number of ether oxygens (including phenoxy) is 3. The maximum Gasteiger partial charge on any atom is 0.410 e. The summed E-state index contributed by atoms with van der Waals surface area (Å²) in [6.07, 6.45) is 2.92. The molecule has 2 aliphatic heterocycles. The zero-order valence-corrected chi connectivity index (χ0v) is 23.4. The van der Waals surface area contributed by atoms with Gasteiger partial charge in [-0.1, -0.05) is 64.3 Å². The van der Waals surface area contributed by atoms with Gasteiger partial charge in [0.25, 0.3) is 0 Å². The lowest BCUT2D eigenvalue weighted by Gasteiger charge is -2.34. The molecular weight excluding hydrogens is 502 g/mol. The molecule has 3 atom stereocenters. The van der Waals surface area contributed by atoms with Gasteiger partial charge in [-0.05, 0) is 35.3 Å². The van der Waals surface area contributed by atoms with Crippen molar-refractivity contribution in [3.05, 3.63) is 35.4 Å². The fourth-order valence-electron chi connectivity index (χ4n) is 5.64. The zero-order valence-electron chi connectivity index (χ0n) is 23.4. The van der Waals surface area contributed by atoms with Crippen molar-refractivity contribution in [1.29, 1.82) is 0 Å². The molecule has 0 radical (unpaired) electrons. The Kier molecular flexibility index (Phi) is 9.02. The van der Waals surface area contributed by atoms with Crippen LogP contribution in [-0.2, 0) is 36.9 Å². The topological polar surface area (TPSA) is 114 Å². The fourth-order valence-corrected chi connectivity index (χ4v) is 5.64. The number of esters is 1. The van der Waals surface area contributed by atoms with Gasteiger partial charge in [-0.2, -0.15) is 0 Å². The molecule has 2 fully saturated rings. The Bertz CT molecular complexity index is 1040. The van der Waals surface area contributed by atoms with Crippen molar-refractivity contribution < 1.29 is 33.4 Å². The van der Waals surface area contributed by atoms with Gasteiger partial charge in [0.1, 0.15) is 18.2 Å². The van der Waals surface area contributed by atoms with Crippen LogP contribution in [0.1, 0.15) is 70.4 Å². The Hall–Kier alpha value is -3.30. The van der Waals surface area contributed by atoms with Crippen molar-refractivity contribution in [2.75, 3.05) is 20.3 Å². The number of hydrogen-bond donors (Lipinski definition) is 1. The van der Waals surface area contributed by atoms with Crippen molar-refractivity contribution in [1.82, 2.24) is 15.1 Å². The largest absolute Gasteiger partial charge is 0.467 e. The van der Waals surface area contributed by atoms with E-state index in [1.165, 1.54) is 12.0 Å². The molecule has 0 bridgehead atoms. The second-order valence-corrected chi connectivity index (χ2v) is 12.1. The fraction of sp³-hybridized carbons (Fsp3) is 0.655. The first kappa shape index (κ1) is 28.7. The van der Waals surface area contributed by atoms with Gasteiger partial charge in [0.2, 0.25) is 5.91 Å². The molecule has 3 unspecified atom stereocenters. The van der Waals surface area contributed by atoms with Crippen LogP contribution < -0.4 is 5.32 Å². The number of fused-ring (bicyclic) bond motifs is 1. The van der Waals surface area contributed by atoms with Gasteiger partial charge in [0.05, 0.1) is 20.3 Å². The molecule has 1 N–H and O–H groups in total. The summed E-state index contributed by atoms with van der Waals surface area (Å²) in [4.78, 5) is 55.4. The minimum atomic E-state index is -0.908. The monoisotopic (exact) mass is 543 g/mol. The molecule has 1 aromatic rings. The molecule has 2 heterocycles. The maximum atomic E-state index is 13.9. The summed E-state index contributed by atoms with van der Waals surface area (Å²) >= 11 is 0. The summed E-state index contributed by atoms with van der Waals surface area (Å²) in [7, 11) is 1.27. The predicted molar refractivity (Wildman–Crippen MR) is 142 cm³/mol. The first-order valence-electron chi connectivity index (χ1n) is 13.9. The first-order chi connectivity index (χ1) is 18.6. The molecule has 214 valence electrons. The van der Waals surface area contributed by atoms with E-state index in [9.17, 15) is 19.2 Å². The van der Waals surface area contributed by atoms with Gasteiger partial charge in [-0.25, -0.2) is 14.4 Å². The quantitative estimate of drug-likeness (QED) is 0.426. The van der Waals surface area contributed by atoms with Gasteiger partial charge in [0.15, 0.2) is 0 Å². The van der Waals surface area contributed by atoms with E-state index in [-0.39, 0.29) is 36.8 Å². The highest BCUT2D eigenvalue weighted by Crippen LogP contribution is 2.31. The van der Waals surface area contributed by atoms with E-state index in [2.05, 4.69) is 5.32 Å². The summed E-state index contributed by atoms with van der Waals surface area (Å²) < 4.78 is 16.2. The van der Waals surface area contributed by atoms with Crippen LogP contribution in [0, 0.1) is 11.3 Å². The van der Waals surface area contributed by atoms with Crippen molar-refractivity contribution >= 4 is 24.1 Å². The van der Waals surface area contributed by atoms with Crippen LogP contribution in [0.15, 0.2) is 24.3 Å². The predicted octanol–water partition coefficient (Wildman–Crippen LogP) is 4.00. The zero-order chi connectivity index (χ0) is 28.2. The van der Waals surface area contributed by atoms with Crippen molar-refractivity contribution in [3.63, 3.8) is 0 Å². The Morgan fingerprint density at radius 1 is 1.03 bits per heavy atom. The van der Waals surface area contributed by atoms with Crippen LogP contribution in [0.2, 0.25) is 0 Å². The third-order valence-corrected chi connectivity index (χ3v) is 7.68. The van der Waals surface area contributed by atoms with Crippen molar-refractivity contribution in [2.24, 2.45) is 11.3 Å². The number of carbonyl (C=O) groups is 4. The molecule has 0 aromatic heterocycles. The third-order valence-electron chi connectivity index (χ3n) is 7.68. The van der Waals surface area contributed by atoms with E-state index >= 15 is 0 Å². The minimum Gasteiger partial charge on any atom is -0.467 e. The number of methoxy groups -OCH3 is 1. The molecule has 39 heavy (non-hydrogen) atoms. The number of amides is 3. The van der Waals surface area contributed by atoms with E-state index in [0.717, 1.165) is 43.2 Å². The lowest BCUT2D eigenvalue weighted by molar-refractivity contribution is -0.152. The van der Waals surface area contributed by atoms with E-state index < -0.39 is 36.3 Å². The number of alkyl carbamates (subject to hydrolysis) is 1. The highest BCUT2D eigenvalue weighted by Gasteiger charge is 2.46. The summed E-state index contributed by atoms with van der Waals surface area (Å²) in [6.45, 7) is 7.03. The number of nitrogens with one attached hydrogen (secondary N) is 1. The first-order valence-corrected chi connectivity index (χ1v) is 13.9. The van der Waals surface area contributed by atoms with Crippen LogP contribution in [-0.4, -0.2) is 72.3 Å². The highest BCUT2D eigenvalue weighted by atomic mass is 16.6. The van der Waals surface area contributed by atoms with Crippen molar-refractivity contribution in [3.8, 4) is 0 Å². The Morgan fingerprint density at radius 3 is 2.26 bits per heavy atom. The highest BCUT2D eigenvalue weighted by molar-refractivity contribution is 5.90. The number of rotatable bonds is 6. The summed E-state index contributed by atoms with van der Waals surface area (Å²) in [5, 5.41) is 2.80. The van der Waals surface area contributed by atoms with Crippen LogP contribution in [0.25, 0.3) is 0 Å². The van der Waals surface area contributed by atoms with E-state index in [0.29, 0.717) is 13.1 Å². The molecule has 1 saturated carbocycles. The van der Waals surface area contributed by atoms with E-state index in [1.54, 1.807) is 4.90 Å². The normalized spacial score (nSPS) is 22.2. The lowest BCUT2D eigenvalue weighted by Crippen LogP contribution is -2.55. The summed E-state index contributed by atoms with van der Waals surface area (Å²) in [5.41, 5.74) is 1.93. The standard InChI is InChI=1S/C29H41N3O7/c1-29(2,3)18-38-27(35)30-24(19-10-6-5-7-11-19)25(33)32-17-22(14-23(32)26(34)37-4)39-28(36)31-15-20-12-8-9-13-21(20)16-31/h8-9,12-13,19,22-24H,5-7,10-11,14-18H2,1-4H3,(H,30,35). The maximum absolute atomic E-state index is 13.9. The van der Waals surface area contributed by atoms with Crippen LogP contribution in [0.5, 0.6) is 0 Å². The van der Waals surface area contributed by atoms with Gasteiger partial charge in [-0.15, -0.1) is 0 Å². The molecule has 10 heteroatoms. The lowest BCUT2D eigenvalue weighted by atomic mass is 9.83. The van der Waals surface area contributed by atoms with Crippen LogP contribution >= 0.6 is 0 Å². The molecule has 4 rings (SSSR count). The number of nitrogens with zero attached hydrogens (tertiary/aromatic N) is 2. The van der Waals surface area contributed by atoms with E-state index in [1.807, 2.05) is 45.0 Å². The minimum absolute atomic E-state index is 0.0487. The number of likely N-dealkylation sites (tertiary alicyclic amines) is 1. The second-order valence-electron chi connectivity index (χ2n) is 12.1. The molecule has 0 spiro atoms. The van der Waals surface area contributed by atoms with E-state index in [4.69, 9.17) is 14.2 Å². The average Bonchev–Trinajstić information content (AvgIpc) is 3.54. The van der Waals surface area contributed by atoms with Crippen LogP contribution in [0.3, 0.4) is 0 Å². The van der Waals surface area contributed by atoms with Gasteiger partial charge >= 0.3 is 18.2 Å². The van der Waals surface area contributed by atoms with Crippen molar-refractivity contribution in [2.45, 2.75) is 90.6 Å². The summed E-state index contributed by atoms with van der Waals surface area (Å²) in [5.74, 6) is -1.03. The Balaban J connectivity index is 1.46. The van der Waals surface area contributed by atoms with Gasteiger partial charge in [0, 0.05) is 19.5 Å². The molecule has 1 aliphatic carbocycles. The number of hydrogen-bond acceptors (Lipinski definition) is 7. The SMILES string of the molecule is COC(=O)C1CC(OC(=O)N2Cc3ccccc3C2)CN1C(=O)C(NC(=O)OCC(C)(C)C)C1CCCCC1. The summed E-state index contributed by atoms with van der Waals surface area (Å²) in [6, 6.07) is 6.09. The average molecular weight is 544 g/mol. The molecule has 1 aromatic carbocycles. The molecular formula is C29H41N3O7. The van der Waals surface area contributed by atoms with Gasteiger partial charge in [-0.3, -0.25) is 9.69 Å². The smallest absolute Gasteiger partial charge is 0.410 e. The Morgan fingerprint density at radius 2 is 1.67 bits per heavy atom. The number of benzene rings is 1. The van der Waals surface area contributed by atoms with Gasteiger partial charge < -0.3 is 24.4 Å². The third kappa shape index (κ3) is 7.22. The number of carbonyl (C=O) groups excluding carboxylic acids is 4. The van der Waals surface area contributed by atoms with Crippen LogP contribution in [0.4, 0.5) is 9.59 Å². The Labute approximate surface area is 230 Å².